The summed E-state index contributed by atoms with van der Waals surface area (Å²) in [7, 11) is 1.48. The van der Waals surface area contributed by atoms with Crippen LogP contribution in [0.25, 0.3) is 6.08 Å². The Hall–Kier alpha value is -3.33. The van der Waals surface area contributed by atoms with E-state index in [4.69, 9.17) is 32.7 Å². The minimum atomic E-state index is -0.843. The number of rotatable bonds is 6. The maximum absolute atomic E-state index is 13.1. The Balaban J connectivity index is 1.63. The quantitative estimate of drug-likeness (QED) is 0.287. The lowest BCUT2D eigenvalue weighted by atomic mass is 10.1. The lowest BCUT2D eigenvalue weighted by molar-refractivity contribution is -0.122. The fourth-order valence-corrected chi connectivity index (χ4v) is 4.17. The van der Waals surface area contributed by atoms with Crippen LogP contribution in [-0.2, 0) is 16.2 Å². The number of benzene rings is 3. The maximum atomic E-state index is 13.1. The van der Waals surface area contributed by atoms with Gasteiger partial charge in [0.15, 0.2) is 11.5 Å². The van der Waals surface area contributed by atoms with Crippen molar-refractivity contribution in [1.29, 1.82) is 0 Å². The van der Waals surface area contributed by atoms with E-state index in [1.165, 1.54) is 25.3 Å². The number of methoxy groups -OCH3 is 1. The molecule has 0 bridgehead atoms. The summed E-state index contributed by atoms with van der Waals surface area (Å²) in [6, 6.07) is 15.8. The van der Waals surface area contributed by atoms with Crippen LogP contribution in [0.4, 0.5) is 10.5 Å². The lowest BCUT2D eigenvalue weighted by Crippen LogP contribution is -2.54. The van der Waals surface area contributed by atoms with Gasteiger partial charge in [-0.3, -0.25) is 14.9 Å². The highest BCUT2D eigenvalue weighted by Gasteiger charge is 2.36. The number of hydrogen-bond acceptors (Lipinski definition) is 5. The van der Waals surface area contributed by atoms with Gasteiger partial charge in [0.05, 0.1) is 17.3 Å². The molecule has 178 valence electrons. The molecule has 0 radical (unpaired) electrons. The minimum Gasteiger partial charge on any atom is -0.493 e. The summed E-state index contributed by atoms with van der Waals surface area (Å²) in [5.41, 5.74) is 1.45. The highest BCUT2D eigenvalue weighted by atomic mass is 79.9. The van der Waals surface area contributed by atoms with E-state index in [9.17, 15) is 14.4 Å². The van der Waals surface area contributed by atoms with Crippen molar-refractivity contribution in [3.05, 3.63) is 91.9 Å². The molecule has 0 aromatic heterocycles. The van der Waals surface area contributed by atoms with E-state index in [1.807, 2.05) is 12.1 Å². The summed E-state index contributed by atoms with van der Waals surface area (Å²) >= 11 is 15.3. The highest BCUT2D eigenvalue weighted by molar-refractivity contribution is 9.10. The molecule has 4 rings (SSSR count). The van der Waals surface area contributed by atoms with Gasteiger partial charge in [-0.15, -0.1) is 0 Å². The van der Waals surface area contributed by atoms with Gasteiger partial charge in [0.2, 0.25) is 0 Å². The van der Waals surface area contributed by atoms with Crippen molar-refractivity contribution in [1.82, 2.24) is 5.32 Å². The van der Waals surface area contributed by atoms with Crippen LogP contribution in [-0.4, -0.2) is 25.0 Å². The van der Waals surface area contributed by atoms with Crippen molar-refractivity contribution >= 4 is 68.7 Å². The molecular formula is C25H17BrCl2N2O5. The Kier molecular flexibility index (Phi) is 7.45. The number of amides is 4. The van der Waals surface area contributed by atoms with E-state index in [0.717, 1.165) is 10.5 Å². The zero-order valence-corrected chi connectivity index (χ0v) is 21.3. The van der Waals surface area contributed by atoms with E-state index in [2.05, 4.69) is 21.2 Å². The Morgan fingerprint density at radius 3 is 2.23 bits per heavy atom. The van der Waals surface area contributed by atoms with Crippen molar-refractivity contribution < 1.29 is 23.9 Å². The topological polar surface area (TPSA) is 84.9 Å². The van der Waals surface area contributed by atoms with Gasteiger partial charge >= 0.3 is 6.03 Å². The van der Waals surface area contributed by atoms with Crippen LogP contribution >= 0.6 is 39.1 Å². The average molecular weight is 576 g/mol. The van der Waals surface area contributed by atoms with E-state index < -0.39 is 17.8 Å². The van der Waals surface area contributed by atoms with Crippen LogP contribution in [0.5, 0.6) is 11.5 Å². The predicted octanol–water partition coefficient (Wildman–Crippen LogP) is 6.01. The first-order valence-electron chi connectivity index (χ1n) is 10.2. The fraction of sp³-hybridized carbons (Fsp3) is 0.0800. The van der Waals surface area contributed by atoms with Gasteiger partial charge in [0.25, 0.3) is 11.8 Å². The number of urea groups is 1. The molecule has 3 aromatic carbocycles. The SMILES string of the molecule is COc1cc(/C=C2\C(=O)NC(=O)N(c3ccc(Cl)cc3)C2=O)cc(Br)c1OCc1ccc(Cl)cc1. The zero-order valence-electron chi connectivity index (χ0n) is 18.2. The molecule has 1 aliphatic heterocycles. The molecule has 0 spiro atoms. The largest absolute Gasteiger partial charge is 0.493 e. The van der Waals surface area contributed by atoms with Crippen LogP contribution in [0.2, 0.25) is 10.0 Å². The number of anilines is 1. The fourth-order valence-electron chi connectivity index (χ4n) is 3.35. The molecule has 0 saturated carbocycles. The number of hydrogen-bond donors (Lipinski definition) is 1. The second-order valence-electron chi connectivity index (χ2n) is 7.38. The van der Waals surface area contributed by atoms with Gasteiger partial charge < -0.3 is 9.47 Å². The van der Waals surface area contributed by atoms with E-state index in [1.54, 1.807) is 36.4 Å². The van der Waals surface area contributed by atoms with Gasteiger partial charge in [-0.05, 0) is 81.7 Å². The van der Waals surface area contributed by atoms with E-state index in [0.29, 0.717) is 31.6 Å². The molecule has 0 atom stereocenters. The summed E-state index contributed by atoms with van der Waals surface area (Å²) in [5.74, 6) is -0.737. The van der Waals surface area contributed by atoms with E-state index >= 15 is 0 Å². The third kappa shape index (κ3) is 5.51. The number of carbonyl (C=O) groups excluding carboxylic acids is 3. The lowest BCUT2D eigenvalue weighted by Gasteiger charge is -2.26. The smallest absolute Gasteiger partial charge is 0.335 e. The summed E-state index contributed by atoms with van der Waals surface area (Å²) in [5, 5.41) is 3.26. The molecule has 1 N–H and O–H groups in total. The average Bonchev–Trinajstić information content (AvgIpc) is 2.83. The molecule has 0 aliphatic carbocycles. The first kappa shape index (κ1) is 24.8. The molecule has 1 fully saturated rings. The molecule has 10 heteroatoms. The zero-order chi connectivity index (χ0) is 25.1. The number of ether oxygens (including phenoxy) is 2. The number of imide groups is 2. The summed E-state index contributed by atoms with van der Waals surface area (Å²) < 4.78 is 11.9. The van der Waals surface area contributed by atoms with Crippen molar-refractivity contribution in [3.8, 4) is 11.5 Å². The Morgan fingerprint density at radius 2 is 1.60 bits per heavy atom. The van der Waals surface area contributed by atoms with Crippen molar-refractivity contribution in [2.75, 3.05) is 12.0 Å². The summed E-state index contributed by atoms with van der Waals surface area (Å²) in [4.78, 5) is 38.8. The number of halogens is 3. The van der Waals surface area contributed by atoms with E-state index in [-0.39, 0.29) is 17.9 Å². The van der Waals surface area contributed by atoms with Crippen LogP contribution in [0, 0.1) is 0 Å². The third-order valence-corrected chi connectivity index (χ3v) is 6.14. The number of carbonyl (C=O) groups is 3. The first-order valence-corrected chi connectivity index (χ1v) is 11.7. The first-order chi connectivity index (χ1) is 16.8. The van der Waals surface area contributed by atoms with Crippen molar-refractivity contribution in [2.24, 2.45) is 0 Å². The monoisotopic (exact) mass is 574 g/mol. The van der Waals surface area contributed by atoms with Crippen LogP contribution in [0.1, 0.15) is 11.1 Å². The van der Waals surface area contributed by atoms with Gasteiger partial charge in [-0.25, -0.2) is 9.69 Å². The number of nitrogens with zero attached hydrogens (tertiary/aromatic N) is 1. The number of nitrogens with one attached hydrogen (secondary N) is 1. The molecule has 0 unspecified atom stereocenters. The van der Waals surface area contributed by atoms with Gasteiger partial charge in [-0.2, -0.15) is 0 Å². The molecule has 1 saturated heterocycles. The predicted molar refractivity (Wildman–Crippen MR) is 137 cm³/mol. The van der Waals surface area contributed by atoms with Crippen molar-refractivity contribution in [3.63, 3.8) is 0 Å². The third-order valence-electron chi connectivity index (χ3n) is 5.05. The summed E-state index contributed by atoms with van der Waals surface area (Å²) in [6.45, 7) is 0.269. The number of barbiturate groups is 1. The van der Waals surface area contributed by atoms with Gasteiger partial charge in [0.1, 0.15) is 12.2 Å². The maximum Gasteiger partial charge on any atom is 0.335 e. The molecule has 3 aromatic rings. The summed E-state index contributed by atoms with van der Waals surface area (Å²) in [6.07, 6.45) is 1.38. The molecular weight excluding hydrogens is 559 g/mol. The molecule has 1 heterocycles. The standard InChI is InChI=1S/C25H17BrCl2N2O5/c1-34-21-12-15(11-20(26)22(21)35-13-14-2-4-16(27)5-3-14)10-19-23(31)29-25(33)30(24(19)32)18-8-6-17(28)7-9-18/h2-12H,13H2,1H3,(H,29,31,33)/b19-10+. The Labute approximate surface area is 219 Å². The van der Waals surface area contributed by atoms with Crippen LogP contribution in [0.3, 0.4) is 0 Å². The Morgan fingerprint density at radius 1 is 0.971 bits per heavy atom. The molecule has 4 amide bonds. The van der Waals surface area contributed by atoms with Crippen LogP contribution in [0.15, 0.2) is 70.7 Å². The molecule has 7 nitrogen and oxygen atoms in total. The Bertz CT molecular complexity index is 1340. The normalized spacial score (nSPS) is 14.8. The highest BCUT2D eigenvalue weighted by Crippen LogP contribution is 2.38. The minimum absolute atomic E-state index is 0.219. The second-order valence-corrected chi connectivity index (χ2v) is 9.11. The molecule has 1 aliphatic rings. The molecule has 35 heavy (non-hydrogen) atoms. The van der Waals surface area contributed by atoms with Gasteiger partial charge in [0, 0.05) is 10.0 Å². The second kappa shape index (κ2) is 10.5. The van der Waals surface area contributed by atoms with Crippen molar-refractivity contribution in [2.45, 2.75) is 6.61 Å². The van der Waals surface area contributed by atoms with Gasteiger partial charge in [-0.1, -0.05) is 35.3 Å². The van der Waals surface area contributed by atoms with Crippen LogP contribution < -0.4 is 19.7 Å².